The molecule has 167 valence electrons. The summed E-state index contributed by atoms with van der Waals surface area (Å²) in [5.74, 6) is 12.4. The standard InChI is InChI=1S/2C14H25.Y/c2*1-8-6-7-9(2)14-12(5)10(3)11(4)13(8)14;/h2*8-14H,4,6-7H2,1-3,5H3;/q2*-1;. The molecule has 1 heteroatoms. The molecule has 4 aliphatic rings. The summed E-state index contributed by atoms with van der Waals surface area (Å²) in [6, 6.07) is 0. The molecule has 0 aromatic heterocycles. The zero-order valence-corrected chi connectivity index (χ0v) is 23.7. The first-order chi connectivity index (χ1) is 13.1. The quantitative estimate of drug-likeness (QED) is 0.311. The molecule has 0 saturated heterocycles. The first-order valence-corrected chi connectivity index (χ1v) is 12.7. The van der Waals surface area contributed by atoms with Gasteiger partial charge < -0.3 is 13.8 Å². The van der Waals surface area contributed by atoms with Crippen molar-refractivity contribution in [2.75, 3.05) is 0 Å². The summed E-state index contributed by atoms with van der Waals surface area (Å²) in [6.07, 6.45) is 5.78. The van der Waals surface area contributed by atoms with Gasteiger partial charge in [0.15, 0.2) is 0 Å². The van der Waals surface area contributed by atoms with Crippen LogP contribution in [0.2, 0.25) is 0 Å². The third-order valence-corrected chi connectivity index (χ3v) is 10.9. The van der Waals surface area contributed by atoms with Gasteiger partial charge in [0.1, 0.15) is 0 Å². The molecule has 0 aromatic carbocycles. The molecule has 0 amide bonds. The van der Waals surface area contributed by atoms with Gasteiger partial charge in [0.05, 0.1) is 0 Å². The normalized spacial score (nSPS) is 56.5. The van der Waals surface area contributed by atoms with E-state index in [1.807, 2.05) is 0 Å². The summed E-state index contributed by atoms with van der Waals surface area (Å²) >= 11 is 0. The Morgan fingerprint density at radius 3 is 0.897 bits per heavy atom. The number of hydrogen-bond donors (Lipinski definition) is 0. The van der Waals surface area contributed by atoms with E-state index in [0.717, 1.165) is 71.0 Å². The van der Waals surface area contributed by atoms with E-state index in [0.29, 0.717) is 11.8 Å². The minimum atomic E-state index is 0. The van der Waals surface area contributed by atoms with Crippen molar-refractivity contribution < 1.29 is 32.7 Å². The van der Waals surface area contributed by atoms with Crippen LogP contribution in [0.15, 0.2) is 0 Å². The van der Waals surface area contributed by atoms with E-state index in [1.165, 1.54) is 25.7 Å². The van der Waals surface area contributed by atoms with Gasteiger partial charge in [-0.3, -0.25) is 0 Å². The maximum absolute atomic E-state index is 4.44. The summed E-state index contributed by atoms with van der Waals surface area (Å²) in [7, 11) is 0. The van der Waals surface area contributed by atoms with Crippen LogP contribution < -0.4 is 0 Å². The molecule has 0 nitrogen and oxygen atoms in total. The second-order valence-electron chi connectivity index (χ2n) is 12.1. The van der Waals surface area contributed by atoms with E-state index in [9.17, 15) is 0 Å². The smallest absolute Gasteiger partial charge is 0 e. The summed E-state index contributed by atoms with van der Waals surface area (Å²) in [6.45, 7) is 28.5. The fraction of sp³-hybridized carbons (Fsp3) is 0.929. The van der Waals surface area contributed by atoms with Crippen molar-refractivity contribution in [1.29, 1.82) is 0 Å². The van der Waals surface area contributed by atoms with Gasteiger partial charge >= 0.3 is 0 Å². The molecule has 14 atom stereocenters. The molecular weight excluding hydrogens is 425 g/mol. The van der Waals surface area contributed by atoms with Crippen LogP contribution in [0, 0.1) is 96.7 Å². The Morgan fingerprint density at radius 1 is 0.414 bits per heavy atom. The van der Waals surface area contributed by atoms with Crippen LogP contribution in [0.4, 0.5) is 0 Å². The largest absolute Gasteiger partial charge is 0.340 e. The second-order valence-corrected chi connectivity index (χ2v) is 12.1. The van der Waals surface area contributed by atoms with E-state index >= 15 is 0 Å². The van der Waals surface area contributed by atoms with Gasteiger partial charge in [0.25, 0.3) is 0 Å². The zero-order valence-electron chi connectivity index (χ0n) is 20.9. The van der Waals surface area contributed by atoms with E-state index in [1.54, 1.807) is 0 Å². The van der Waals surface area contributed by atoms with E-state index in [-0.39, 0.29) is 32.7 Å². The number of fused-ring (bicyclic) bond motifs is 2. The minimum absolute atomic E-state index is 0. The summed E-state index contributed by atoms with van der Waals surface area (Å²) in [4.78, 5) is 0. The van der Waals surface area contributed by atoms with E-state index in [4.69, 9.17) is 0 Å². The Morgan fingerprint density at radius 2 is 0.655 bits per heavy atom. The summed E-state index contributed by atoms with van der Waals surface area (Å²) < 4.78 is 0. The van der Waals surface area contributed by atoms with Gasteiger partial charge in [-0.05, 0) is 47.3 Å². The van der Waals surface area contributed by atoms with Crippen LogP contribution in [-0.4, -0.2) is 0 Å². The Bertz CT molecular complexity index is 424. The van der Waals surface area contributed by atoms with Crippen LogP contribution in [0.5, 0.6) is 0 Å². The summed E-state index contributed by atoms with van der Waals surface area (Å²) in [5, 5.41) is 0. The Hall–Kier alpha value is 1.10. The van der Waals surface area contributed by atoms with Crippen LogP contribution in [0.3, 0.4) is 0 Å². The monoisotopic (exact) mass is 475 g/mol. The topological polar surface area (TPSA) is 0 Å². The first kappa shape index (κ1) is 26.4. The molecular formula is C28H50Y-2. The number of hydrogen-bond acceptors (Lipinski definition) is 0. The molecule has 0 N–H and O–H groups in total. The Balaban J connectivity index is 0.000000200. The van der Waals surface area contributed by atoms with Crippen LogP contribution >= 0.6 is 0 Å². The Labute approximate surface area is 209 Å². The van der Waals surface area contributed by atoms with Crippen LogP contribution in [0.25, 0.3) is 0 Å². The van der Waals surface area contributed by atoms with E-state index in [2.05, 4.69) is 69.2 Å². The fourth-order valence-corrected chi connectivity index (χ4v) is 8.67. The SMILES string of the molecule is [CH2-]C1C(C)C(C)C2C(C)CCC(C)C12.[CH2-]C1C(C)C(C)C2C(C)CCC(C)C12.[Y]. The Kier molecular flexibility index (Phi) is 9.42. The van der Waals surface area contributed by atoms with Gasteiger partial charge in [-0.25, -0.2) is 0 Å². The second kappa shape index (κ2) is 10.4. The predicted molar refractivity (Wildman–Crippen MR) is 123 cm³/mol. The molecule has 0 heterocycles. The van der Waals surface area contributed by atoms with Gasteiger partial charge in [-0.1, -0.05) is 105 Å². The van der Waals surface area contributed by atoms with Crippen LogP contribution in [-0.2, 0) is 32.7 Å². The van der Waals surface area contributed by atoms with Crippen molar-refractivity contribution in [3.63, 3.8) is 0 Å². The van der Waals surface area contributed by atoms with Crippen LogP contribution in [0.1, 0.15) is 81.1 Å². The van der Waals surface area contributed by atoms with Gasteiger partial charge in [-0.2, -0.15) is 11.8 Å². The molecule has 29 heavy (non-hydrogen) atoms. The fourth-order valence-electron chi connectivity index (χ4n) is 8.67. The molecule has 4 rings (SSSR count). The molecule has 1 radical (unpaired) electrons. The van der Waals surface area contributed by atoms with Crippen molar-refractivity contribution >= 4 is 0 Å². The van der Waals surface area contributed by atoms with Crippen molar-refractivity contribution in [3.8, 4) is 0 Å². The third-order valence-electron chi connectivity index (χ3n) is 10.9. The molecule has 0 aromatic rings. The van der Waals surface area contributed by atoms with Gasteiger partial charge in [0.2, 0.25) is 0 Å². The minimum Gasteiger partial charge on any atom is -0.340 e. The van der Waals surface area contributed by atoms with Crippen molar-refractivity contribution in [2.45, 2.75) is 81.1 Å². The van der Waals surface area contributed by atoms with Crippen molar-refractivity contribution in [3.05, 3.63) is 13.8 Å². The molecule has 14 unspecified atom stereocenters. The summed E-state index contributed by atoms with van der Waals surface area (Å²) in [5.41, 5.74) is 0. The maximum Gasteiger partial charge on any atom is 0 e. The molecule has 0 spiro atoms. The molecule has 0 aliphatic heterocycles. The maximum atomic E-state index is 4.44. The molecule has 4 aliphatic carbocycles. The first-order valence-electron chi connectivity index (χ1n) is 12.7. The predicted octanol–water partition coefficient (Wildman–Crippen LogP) is 8.04. The van der Waals surface area contributed by atoms with Gasteiger partial charge in [0, 0.05) is 32.7 Å². The van der Waals surface area contributed by atoms with Crippen molar-refractivity contribution in [1.82, 2.24) is 0 Å². The average Bonchev–Trinajstić information content (AvgIpc) is 3.03. The molecule has 0 bridgehead atoms. The molecule has 4 saturated carbocycles. The molecule has 4 fully saturated rings. The van der Waals surface area contributed by atoms with Crippen molar-refractivity contribution in [2.24, 2.45) is 82.9 Å². The third kappa shape index (κ3) is 4.75. The number of rotatable bonds is 0. The average molecular weight is 476 g/mol. The van der Waals surface area contributed by atoms with E-state index < -0.39 is 0 Å². The van der Waals surface area contributed by atoms with Gasteiger partial charge in [-0.15, -0.1) is 0 Å². The zero-order chi connectivity index (χ0) is 20.9.